The molecule has 0 aliphatic carbocycles. The van der Waals surface area contributed by atoms with Crippen LogP contribution in [0.1, 0.15) is 32.6 Å². The summed E-state index contributed by atoms with van der Waals surface area (Å²) >= 11 is 1.52. The van der Waals surface area contributed by atoms with E-state index < -0.39 is 12.0 Å². The van der Waals surface area contributed by atoms with E-state index in [1.54, 1.807) is 0 Å². The number of carbonyl (C=O) groups is 2. The van der Waals surface area contributed by atoms with E-state index in [1.807, 2.05) is 6.92 Å². The quantitative estimate of drug-likeness (QED) is 0.836. The maximum Gasteiger partial charge on any atom is 0.327 e. The zero-order chi connectivity index (χ0) is 13.1. The summed E-state index contributed by atoms with van der Waals surface area (Å²) in [6.45, 7) is 2.67. The van der Waals surface area contributed by atoms with Gasteiger partial charge in [0.25, 0.3) is 0 Å². The molecule has 2 saturated heterocycles. The minimum absolute atomic E-state index is 0.0388. The average Bonchev–Trinajstić information content (AvgIpc) is 2.94. The first-order valence-electron chi connectivity index (χ1n) is 6.36. The minimum atomic E-state index is -0.905. The topological polar surface area (TPSA) is 66.8 Å². The normalized spacial score (nSPS) is 31.8. The van der Waals surface area contributed by atoms with Gasteiger partial charge in [-0.2, -0.15) is 0 Å². The van der Waals surface area contributed by atoms with Crippen LogP contribution in [0.25, 0.3) is 0 Å². The van der Waals surface area contributed by atoms with Crippen molar-refractivity contribution < 1.29 is 19.4 Å². The van der Waals surface area contributed by atoms with E-state index in [0.717, 1.165) is 19.4 Å². The third-order valence-electron chi connectivity index (χ3n) is 3.50. The molecular weight excluding hydrogens is 254 g/mol. The summed E-state index contributed by atoms with van der Waals surface area (Å²) in [7, 11) is 0. The van der Waals surface area contributed by atoms with Gasteiger partial charge in [-0.25, -0.2) is 4.79 Å². The molecule has 2 aliphatic rings. The third kappa shape index (κ3) is 2.98. The molecule has 18 heavy (non-hydrogen) atoms. The van der Waals surface area contributed by atoms with Gasteiger partial charge >= 0.3 is 5.97 Å². The maximum atomic E-state index is 12.1. The Morgan fingerprint density at radius 2 is 2.28 bits per heavy atom. The van der Waals surface area contributed by atoms with Crippen molar-refractivity contribution in [3.05, 3.63) is 0 Å². The summed E-state index contributed by atoms with van der Waals surface area (Å²) in [4.78, 5) is 24.7. The second-order valence-corrected chi connectivity index (χ2v) is 6.11. The van der Waals surface area contributed by atoms with Crippen LogP contribution in [0, 0.1) is 0 Å². The SMILES string of the molecule is CC1SCC(C(=O)O)N1C(=O)CCC1CCCO1. The van der Waals surface area contributed by atoms with Gasteiger partial charge in [-0.15, -0.1) is 11.8 Å². The molecule has 5 nitrogen and oxygen atoms in total. The van der Waals surface area contributed by atoms with E-state index >= 15 is 0 Å². The van der Waals surface area contributed by atoms with Gasteiger partial charge < -0.3 is 14.7 Å². The molecule has 0 bridgehead atoms. The average molecular weight is 273 g/mol. The number of aliphatic carboxylic acids is 1. The molecular formula is C12H19NO4S. The number of thioether (sulfide) groups is 1. The number of hydrogen-bond acceptors (Lipinski definition) is 4. The second kappa shape index (κ2) is 5.93. The first-order valence-corrected chi connectivity index (χ1v) is 7.41. The Balaban J connectivity index is 1.87. The van der Waals surface area contributed by atoms with E-state index in [4.69, 9.17) is 9.84 Å². The standard InChI is InChI=1S/C12H19NO4S/c1-8-13(10(7-18-8)12(15)16)11(14)5-4-9-3-2-6-17-9/h8-10H,2-7H2,1H3,(H,15,16). The second-order valence-electron chi connectivity index (χ2n) is 4.76. The van der Waals surface area contributed by atoms with Crippen molar-refractivity contribution in [2.75, 3.05) is 12.4 Å². The Labute approximate surface area is 111 Å². The Hall–Kier alpha value is -0.750. The summed E-state index contributed by atoms with van der Waals surface area (Å²) in [6, 6.07) is -0.665. The molecule has 2 fully saturated rings. The van der Waals surface area contributed by atoms with Crippen LogP contribution in [0.4, 0.5) is 0 Å². The molecule has 0 radical (unpaired) electrons. The van der Waals surface area contributed by atoms with Crippen LogP contribution in [0.5, 0.6) is 0 Å². The molecule has 0 aromatic carbocycles. The lowest BCUT2D eigenvalue weighted by Crippen LogP contribution is -2.44. The maximum absolute atomic E-state index is 12.1. The highest BCUT2D eigenvalue weighted by Crippen LogP contribution is 2.30. The van der Waals surface area contributed by atoms with Gasteiger partial charge in [0.2, 0.25) is 5.91 Å². The number of hydrogen-bond donors (Lipinski definition) is 1. The van der Waals surface area contributed by atoms with Crippen LogP contribution in [0.15, 0.2) is 0 Å². The van der Waals surface area contributed by atoms with Gasteiger partial charge in [0.1, 0.15) is 6.04 Å². The van der Waals surface area contributed by atoms with E-state index in [2.05, 4.69) is 0 Å². The number of ether oxygens (including phenoxy) is 1. The van der Waals surface area contributed by atoms with Crippen molar-refractivity contribution in [3.63, 3.8) is 0 Å². The van der Waals surface area contributed by atoms with E-state index in [-0.39, 0.29) is 17.4 Å². The number of carboxylic acid groups (broad SMARTS) is 1. The Bertz CT molecular complexity index is 330. The summed E-state index contributed by atoms with van der Waals surface area (Å²) in [5.41, 5.74) is 0. The molecule has 2 rings (SSSR count). The Morgan fingerprint density at radius 3 is 2.89 bits per heavy atom. The highest BCUT2D eigenvalue weighted by Gasteiger charge is 2.39. The fraction of sp³-hybridized carbons (Fsp3) is 0.833. The number of amides is 1. The predicted octanol–water partition coefficient (Wildman–Crippen LogP) is 1.32. The Kier molecular flexibility index (Phi) is 4.50. The number of nitrogens with zero attached hydrogens (tertiary/aromatic N) is 1. The summed E-state index contributed by atoms with van der Waals surface area (Å²) in [6.07, 6.45) is 3.35. The van der Waals surface area contributed by atoms with E-state index in [9.17, 15) is 9.59 Å². The van der Waals surface area contributed by atoms with Gasteiger partial charge in [-0.1, -0.05) is 0 Å². The zero-order valence-corrected chi connectivity index (χ0v) is 11.3. The molecule has 0 aromatic heterocycles. The molecule has 6 heteroatoms. The molecule has 2 heterocycles. The largest absolute Gasteiger partial charge is 0.480 e. The monoisotopic (exact) mass is 273 g/mol. The van der Waals surface area contributed by atoms with E-state index in [0.29, 0.717) is 18.6 Å². The fourth-order valence-electron chi connectivity index (χ4n) is 2.50. The summed E-state index contributed by atoms with van der Waals surface area (Å²) < 4.78 is 5.47. The first kappa shape index (κ1) is 13.7. The Morgan fingerprint density at radius 1 is 1.50 bits per heavy atom. The van der Waals surface area contributed by atoms with Crippen molar-refractivity contribution in [2.45, 2.75) is 50.1 Å². The molecule has 1 amide bonds. The predicted molar refractivity (Wildman–Crippen MR) is 68.4 cm³/mol. The summed E-state index contributed by atoms with van der Waals surface area (Å²) in [5, 5.41) is 9.06. The molecule has 0 saturated carbocycles. The van der Waals surface area contributed by atoms with Gasteiger partial charge in [0.05, 0.1) is 11.5 Å². The molecule has 1 N–H and O–H groups in total. The van der Waals surface area contributed by atoms with Crippen LogP contribution in [0.2, 0.25) is 0 Å². The molecule has 2 aliphatic heterocycles. The lowest BCUT2D eigenvalue weighted by atomic mass is 10.1. The van der Waals surface area contributed by atoms with Crippen molar-refractivity contribution >= 4 is 23.6 Å². The third-order valence-corrected chi connectivity index (χ3v) is 4.72. The van der Waals surface area contributed by atoms with Gasteiger partial charge in [0.15, 0.2) is 0 Å². The van der Waals surface area contributed by atoms with Crippen molar-refractivity contribution in [1.29, 1.82) is 0 Å². The molecule has 3 unspecified atom stereocenters. The van der Waals surface area contributed by atoms with Crippen LogP contribution in [-0.2, 0) is 14.3 Å². The fourth-order valence-corrected chi connectivity index (χ4v) is 3.69. The molecule has 102 valence electrons. The summed E-state index contributed by atoms with van der Waals surface area (Å²) in [5.74, 6) is -0.477. The molecule has 3 atom stereocenters. The lowest BCUT2D eigenvalue weighted by Gasteiger charge is -2.25. The van der Waals surface area contributed by atoms with Crippen LogP contribution in [0.3, 0.4) is 0 Å². The van der Waals surface area contributed by atoms with Crippen LogP contribution < -0.4 is 0 Å². The number of carboxylic acids is 1. The zero-order valence-electron chi connectivity index (χ0n) is 10.5. The van der Waals surface area contributed by atoms with Crippen molar-refractivity contribution in [2.24, 2.45) is 0 Å². The number of carbonyl (C=O) groups excluding carboxylic acids is 1. The van der Waals surface area contributed by atoms with E-state index in [1.165, 1.54) is 16.7 Å². The van der Waals surface area contributed by atoms with Gasteiger partial charge in [0, 0.05) is 18.8 Å². The van der Waals surface area contributed by atoms with Crippen molar-refractivity contribution in [3.8, 4) is 0 Å². The van der Waals surface area contributed by atoms with Gasteiger partial charge in [-0.3, -0.25) is 4.79 Å². The molecule has 0 aromatic rings. The van der Waals surface area contributed by atoms with Gasteiger partial charge in [-0.05, 0) is 26.2 Å². The number of rotatable bonds is 4. The van der Waals surface area contributed by atoms with Crippen molar-refractivity contribution in [1.82, 2.24) is 4.90 Å². The molecule has 0 spiro atoms. The highest BCUT2D eigenvalue weighted by molar-refractivity contribution is 8.00. The lowest BCUT2D eigenvalue weighted by molar-refractivity contribution is -0.149. The smallest absolute Gasteiger partial charge is 0.327 e. The minimum Gasteiger partial charge on any atom is -0.480 e. The van der Waals surface area contributed by atoms with Crippen LogP contribution >= 0.6 is 11.8 Å². The highest BCUT2D eigenvalue weighted by atomic mass is 32.2. The van der Waals surface area contributed by atoms with Crippen LogP contribution in [-0.4, -0.2) is 51.8 Å². The first-order chi connectivity index (χ1) is 8.59.